The molecule has 2 aromatic rings. The Morgan fingerprint density at radius 3 is 2.65 bits per heavy atom. The van der Waals surface area contributed by atoms with Crippen molar-refractivity contribution in [3.8, 4) is 5.75 Å². The smallest absolute Gasteiger partial charge is 0.191 e. The van der Waals surface area contributed by atoms with Gasteiger partial charge in [-0.05, 0) is 39.2 Å². The minimum atomic E-state index is 0. The molecule has 31 heavy (non-hydrogen) atoms. The van der Waals surface area contributed by atoms with Crippen molar-refractivity contribution in [2.24, 2.45) is 4.99 Å². The molecule has 0 amide bonds. The third kappa shape index (κ3) is 6.80. The first-order chi connectivity index (χ1) is 14.5. The average molecular weight is 537 g/mol. The lowest BCUT2D eigenvalue weighted by Gasteiger charge is -2.38. The number of pyridine rings is 1. The Balaban J connectivity index is 0.00000341. The highest BCUT2D eigenvalue weighted by molar-refractivity contribution is 14.0. The van der Waals surface area contributed by atoms with E-state index in [2.05, 4.69) is 69.7 Å². The molecular formula is C24H36IN5O. The van der Waals surface area contributed by atoms with Gasteiger partial charge in [0, 0.05) is 49.5 Å². The number of aryl methyl sites for hydroxylation is 1. The molecule has 2 N–H and O–H groups in total. The van der Waals surface area contributed by atoms with Crippen molar-refractivity contribution in [3.05, 3.63) is 58.9 Å². The Kier molecular flexibility index (Phi) is 10.0. The molecule has 0 aliphatic carbocycles. The van der Waals surface area contributed by atoms with Crippen LogP contribution < -0.4 is 15.4 Å². The predicted octanol–water partition coefficient (Wildman–Crippen LogP) is 4.04. The molecule has 6 nitrogen and oxygen atoms in total. The predicted molar refractivity (Wildman–Crippen MR) is 138 cm³/mol. The molecule has 7 heteroatoms. The first-order valence-corrected chi connectivity index (χ1v) is 10.8. The van der Waals surface area contributed by atoms with E-state index in [0.29, 0.717) is 18.6 Å². The van der Waals surface area contributed by atoms with Crippen molar-refractivity contribution < 1.29 is 4.74 Å². The zero-order valence-electron chi connectivity index (χ0n) is 19.3. The molecule has 1 aliphatic heterocycles. The molecule has 1 aliphatic rings. The van der Waals surface area contributed by atoms with E-state index in [0.717, 1.165) is 54.5 Å². The van der Waals surface area contributed by atoms with Crippen LogP contribution in [-0.2, 0) is 13.1 Å². The monoisotopic (exact) mass is 537 g/mol. The molecule has 3 rings (SSSR count). The molecule has 2 atom stereocenters. The fourth-order valence-corrected chi connectivity index (χ4v) is 4.21. The van der Waals surface area contributed by atoms with Crippen LogP contribution in [0.15, 0.2) is 41.5 Å². The van der Waals surface area contributed by atoms with Crippen LogP contribution in [0.25, 0.3) is 0 Å². The lowest BCUT2D eigenvalue weighted by atomic mass is 9.97. The average Bonchev–Trinajstić information content (AvgIpc) is 2.75. The van der Waals surface area contributed by atoms with Gasteiger partial charge in [0.15, 0.2) is 5.96 Å². The van der Waals surface area contributed by atoms with Crippen LogP contribution in [0, 0.1) is 13.8 Å². The number of methoxy groups -OCH3 is 1. The summed E-state index contributed by atoms with van der Waals surface area (Å²) in [6.45, 7) is 9.10. The van der Waals surface area contributed by atoms with Crippen LogP contribution in [0.5, 0.6) is 5.75 Å². The van der Waals surface area contributed by atoms with Gasteiger partial charge in [-0.3, -0.25) is 14.9 Å². The maximum atomic E-state index is 5.52. The number of ether oxygens (including phenoxy) is 1. The van der Waals surface area contributed by atoms with Crippen LogP contribution in [0.4, 0.5) is 0 Å². The van der Waals surface area contributed by atoms with Gasteiger partial charge in [0.1, 0.15) is 5.75 Å². The highest BCUT2D eigenvalue weighted by atomic mass is 127. The number of guanidine groups is 1. The number of halogens is 1. The van der Waals surface area contributed by atoms with Gasteiger partial charge < -0.3 is 15.4 Å². The molecule has 1 aromatic carbocycles. The number of aliphatic imine (C=N–C) groups is 1. The van der Waals surface area contributed by atoms with Crippen LogP contribution in [0.1, 0.15) is 42.1 Å². The molecule has 0 spiro atoms. The van der Waals surface area contributed by atoms with Gasteiger partial charge >= 0.3 is 0 Å². The lowest BCUT2D eigenvalue weighted by molar-refractivity contribution is 0.134. The molecule has 1 aromatic heterocycles. The van der Waals surface area contributed by atoms with E-state index in [1.54, 1.807) is 7.11 Å². The second kappa shape index (κ2) is 12.2. The van der Waals surface area contributed by atoms with Gasteiger partial charge in [0.25, 0.3) is 0 Å². The van der Waals surface area contributed by atoms with E-state index in [-0.39, 0.29) is 24.0 Å². The Labute approximate surface area is 203 Å². The molecule has 2 heterocycles. The second-order valence-electron chi connectivity index (χ2n) is 8.14. The van der Waals surface area contributed by atoms with Crippen LogP contribution in [0.3, 0.4) is 0 Å². The first kappa shape index (κ1) is 25.4. The molecule has 1 fully saturated rings. The summed E-state index contributed by atoms with van der Waals surface area (Å²) in [5.41, 5.74) is 4.48. The van der Waals surface area contributed by atoms with Crippen molar-refractivity contribution in [1.82, 2.24) is 20.5 Å². The van der Waals surface area contributed by atoms with E-state index in [9.17, 15) is 0 Å². The van der Waals surface area contributed by atoms with Crippen LogP contribution >= 0.6 is 24.0 Å². The first-order valence-electron chi connectivity index (χ1n) is 10.8. The molecular weight excluding hydrogens is 501 g/mol. The number of hydrogen-bond donors (Lipinski definition) is 2. The number of aromatic nitrogens is 1. The minimum Gasteiger partial charge on any atom is -0.496 e. The fourth-order valence-electron chi connectivity index (χ4n) is 4.21. The molecule has 0 radical (unpaired) electrons. The summed E-state index contributed by atoms with van der Waals surface area (Å²) in [6.07, 6.45) is 4.07. The summed E-state index contributed by atoms with van der Waals surface area (Å²) < 4.78 is 5.52. The number of likely N-dealkylation sites (tertiary alicyclic amines) is 1. The maximum Gasteiger partial charge on any atom is 0.191 e. The van der Waals surface area contributed by atoms with E-state index in [1.807, 2.05) is 20.2 Å². The summed E-state index contributed by atoms with van der Waals surface area (Å²) in [5, 5.41) is 7.02. The Morgan fingerprint density at radius 1 is 1.26 bits per heavy atom. The zero-order chi connectivity index (χ0) is 21.5. The van der Waals surface area contributed by atoms with Gasteiger partial charge in [-0.25, -0.2) is 0 Å². The van der Waals surface area contributed by atoms with Gasteiger partial charge in [-0.1, -0.05) is 30.3 Å². The zero-order valence-corrected chi connectivity index (χ0v) is 21.6. The summed E-state index contributed by atoms with van der Waals surface area (Å²) >= 11 is 0. The summed E-state index contributed by atoms with van der Waals surface area (Å²) in [4.78, 5) is 11.6. The minimum absolute atomic E-state index is 0. The number of piperidine rings is 1. The SMILES string of the molecule is CN=C(NCc1ncc(C)c(OC)c1C)NC1CCN(Cc2ccccc2)C(C)C1.I. The maximum absolute atomic E-state index is 5.52. The Morgan fingerprint density at radius 2 is 2.00 bits per heavy atom. The Bertz CT molecular complexity index is 859. The summed E-state index contributed by atoms with van der Waals surface area (Å²) in [6, 6.07) is 11.7. The second-order valence-corrected chi connectivity index (χ2v) is 8.14. The van der Waals surface area contributed by atoms with Crippen molar-refractivity contribution in [1.29, 1.82) is 0 Å². The van der Waals surface area contributed by atoms with Crippen LogP contribution in [0.2, 0.25) is 0 Å². The summed E-state index contributed by atoms with van der Waals surface area (Å²) in [5.74, 6) is 1.73. The summed E-state index contributed by atoms with van der Waals surface area (Å²) in [7, 11) is 3.53. The van der Waals surface area contributed by atoms with Crippen LogP contribution in [-0.4, -0.2) is 48.6 Å². The Hall–Kier alpha value is -1.87. The fraction of sp³-hybridized carbons (Fsp3) is 0.500. The number of benzene rings is 1. The van der Waals surface area contributed by atoms with Crippen molar-refractivity contribution in [2.45, 2.75) is 58.8 Å². The third-order valence-electron chi connectivity index (χ3n) is 5.98. The number of rotatable bonds is 6. The molecule has 0 bridgehead atoms. The van der Waals surface area contributed by atoms with E-state index < -0.39 is 0 Å². The van der Waals surface area contributed by atoms with Gasteiger partial charge in [0.05, 0.1) is 19.3 Å². The highest BCUT2D eigenvalue weighted by Crippen LogP contribution is 2.24. The van der Waals surface area contributed by atoms with Gasteiger partial charge in [-0.15, -0.1) is 24.0 Å². The van der Waals surface area contributed by atoms with Crippen molar-refractivity contribution >= 4 is 29.9 Å². The highest BCUT2D eigenvalue weighted by Gasteiger charge is 2.26. The number of nitrogens with zero attached hydrogens (tertiary/aromatic N) is 3. The third-order valence-corrected chi connectivity index (χ3v) is 5.98. The molecule has 1 saturated heterocycles. The normalized spacial score (nSPS) is 19.5. The van der Waals surface area contributed by atoms with E-state index in [1.165, 1.54) is 5.56 Å². The largest absolute Gasteiger partial charge is 0.496 e. The topological polar surface area (TPSA) is 61.8 Å². The van der Waals surface area contributed by atoms with Crippen molar-refractivity contribution in [3.63, 3.8) is 0 Å². The lowest BCUT2D eigenvalue weighted by Crippen LogP contribution is -2.51. The molecule has 2 unspecified atom stereocenters. The molecule has 170 valence electrons. The van der Waals surface area contributed by atoms with Crippen molar-refractivity contribution in [2.75, 3.05) is 20.7 Å². The molecule has 0 saturated carbocycles. The quantitative estimate of drug-likeness (QED) is 0.331. The van der Waals surface area contributed by atoms with E-state index >= 15 is 0 Å². The van der Waals surface area contributed by atoms with Gasteiger partial charge in [0.2, 0.25) is 0 Å². The van der Waals surface area contributed by atoms with E-state index in [4.69, 9.17) is 4.74 Å². The number of nitrogens with one attached hydrogen (secondary N) is 2. The number of hydrogen-bond acceptors (Lipinski definition) is 4. The van der Waals surface area contributed by atoms with Gasteiger partial charge in [-0.2, -0.15) is 0 Å². The standard InChI is InChI=1S/C24H35N5O.HI/c1-17-14-26-22(19(3)23(17)30-5)15-27-24(25-4)28-21-11-12-29(18(2)13-21)16-20-9-7-6-8-10-20;/h6-10,14,18,21H,11-13,15-16H2,1-5H3,(H2,25,27,28);1H.